The third-order valence-corrected chi connectivity index (χ3v) is 3.01. The lowest BCUT2D eigenvalue weighted by molar-refractivity contribution is -0.0322. The van der Waals surface area contributed by atoms with Gasteiger partial charge in [0, 0.05) is 11.8 Å². The Labute approximate surface area is 100 Å². The predicted molar refractivity (Wildman–Crippen MR) is 60.4 cm³/mol. The molecule has 0 radical (unpaired) electrons. The summed E-state index contributed by atoms with van der Waals surface area (Å²) in [6.07, 6.45) is 3.51. The van der Waals surface area contributed by atoms with Crippen molar-refractivity contribution < 1.29 is 14.3 Å². The number of carbonyl (C=O) groups is 1. The first-order valence-corrected chi connectivity index (χ1v) is 5.69. The van der Waals surface area contributed by atoms with E-state index < -0.39 is 11.6 Å². The monoisotopic (exact) mass is 236 g/mol. The first kappa shape index (κ1) is 12.0. The largest absolute Gasteiger partial charge is 0.463 e. The molecule has 1 unspecified atom stereocenters. The lowest BCUT2D eigenvalue weighted by Gasteiger charge is -2.22. The van der Waals surface area contributed by atoms with Gasteiger partial charge in [-0.3, -0.25) is 0 Å². The first-order valence-electron chi connectivity index (χ1n) is 5.69. The highest BCUT2D eigenvalue weighted by molar-refractivity contribution is 5.85. The van der Waals surface area contributed by atoms with Crippen LogP contribution in [0.2, 0.25) is 0 Å². The van der Waals surface area contributed by atoms with E-state index in [4.69, 9.17) is 4.74 Å². The maximum absolute atomic E-state index is 11.4. The quantitative estimate of drug-likeness (QED) is 0.749. The molecule has 1 aromatic rings. The lowest BCUT2D eigenvalue weighted by Crippen LogP contribution is -2.23. The highest BCUT2D eigenvalue weighted by Gasteiger charge is 2.37. The van der Waals surface area contributed by atoms with Crippen LogP contribution in [0.15, 0.2) is 6.20 Å². The number of rotatable bonds is 3. The van der Waals surface area contributed by atoms with Gasteiger partial charge in [0.05, 0.1) is 19.4 Å². The molecule has 5 heteroatoms. The Hall–Kier alpha value is -1.49. The molecule has 2 rings (SSSR count). The van der Waals surface area contributed by atoms with Crippen molar-refractivity contribution in [1.82, 2.24) is 9.97 Å². The molecule has 0 aromatic carbocycles. The Balaban J connectivity index is 2.40. The third-order valence-electron chi connectivity index (χ3n) is 3.01. The zero-order valence-corrected chi connectivity index (χ0v) is 10.3. The normalized spacial score (nSPS) is 22.3. The van der Waals surface area contributed by atoms with E-state index in [1.807, 2.05) is 6.92 Å². The van der Waals surface area contributed by atoms with E-state index in [9.17, 15) is 4.79 Å². The van der Waals surface area contributed by atoms with Gasteiger partial charge in [0.15, 0.2) is 0 Å². The summed E-state index contributed by atoms with van der Waals surface area (Å²) in [6.45, 7) is 4.60. The molecule has 0 bridgehead atoms. The van der Waals surface area contributed by atoms with Crippen LogP contribution in [-0.2, 0) is 21.7 Å². The van der Waals surface area contributed by atoms with Crippen molar-refractivity contribution in [2.75, 3.05) is 7.11 Å². The fourth-order valence-electron chi connectivity index (χ4n) is 2.13. The van der Waals surface area contributed by atoms with Crippen LogP contribution in [0, 0.1) is 0 Å². The van der Waals surface area contributed by atoms with Gasteiger partial charge in [0.25, 0.3) is 0 Å². The van der Waals surface area contributed by atoms with E-state index in [1.165, 1.54) is 7.11 Å². The summed E-state index contributed by atoms with van der Waals surface area (Å²) >= 11 is 0. The number of fused-ring (bicyclic) bond motifs is 1. The molecule has 0 saturated carbocycles. The number of nitrogens with zero attached hydrogens (tertiary/aromatic N) is 2. The van der Waals surface area contributed by atoms with Gasteiger partial charge in [-0.15, -0.1) is 0 Å². The van der Waals surface area contributed by atoms with Gasteiger partial charge >= 0.3 is 5.97 Å². The standard InChI is InChI=1S/C12H16N2O3/c1-4-5-12(2)9-8(7-17-12)6-13-10(14-9)11(15)16-3/h6H,4-5,7H2,1-3H3. The van der Waals surface area contributed by atoms with Crippen molar-refractivity contribution >= 4 is 5.97 Å². The molecule has 0 saturated heterocycles. The minimum Gasteiger partial charge on any atom is -0.463 e. The molecule has 1 aliphatic rings. The summed E-state index contributed by atoms with van der Waals surface area (Å²) in [5.74, 6) is -0.419. The molecule has 5 nitrogen and oxygen atoms in total. The van der Waals surface area contributed by atoms with Gasteiger partial charge in [0.2, 0.25) is 5.82 Å². The highest BCUT2D eigenvalue weighted by Crippen LogP contribution is 2.37. The summed E-state index contributed by atoms with van der Waals surface area (Å²) in [6, 6.07) is 0. The average molecular weight is 236 g/mol. The number of hydrogen-bond acceptors (Lipinski definition) is 5. The van der Waals surface area contributed by atoms with E-state index in [0.717, 1.165) is 24.1 Å². The van der Waals surface area contributed by atoms with Crippen molar-refractivity contribution in [1.29, 1.82) is 0 Å². The zero-order valence-electron chi connectivity index (χ0n) is 10.3. The van der Waals surface area contributed by atoms with Crippen molar-refractivity contribution in [3.63, 3.8) is 0 Å². The minimum absolute atomic E-state index is 0.0964. The maximum atomic E-state index is 11.4. The van der Waals surface area contributed by atoms with Crippen LogP contribution in [0.1, 0.15) is 48.6 Å². The van der Waals surface area contributed by atoms with Crippen LogP contribution in [0.3, 0.4) is 0 Å². The van der Waals surface area contributed by atoms with E-state index in [1.54, 1.807) is 6.20 Å². The molecule has 92 valence electrons. The summed E-state index contributed by atoms with van der Waals surface area (Å²) in [4.78, 5) is 19.7. The van der Waals surface area contributed by atoms with Crippen LogP contribution < -0.4 is 0 Å². The van der Waals surface area contributed by atoms with Gasteiger partial charge in [-0.25, -0.2) is 14.8 Å². The van der Waals surface area contributed by atoms with Gasteiger partial charge in [-0.05, 0) is 13.3 Å². The van der Waals surface area contributed by atoms with Crippen LogP contribution in [-0.4, -0.2) is 23.0 Å². The van der Waals surface area contributed by atoms with Crippen LogP contribution in [0.4, 0.5) is 0 Å². The molecule has 1 aromatic heterocycles. The predicted octanol–water partition coefficient (Wildman–Crippen LogP) is 1.81. The van der Waals surface area contributed by atoms with Gasteiger partial charge in [-0.2, -0.15) is 0 Å². The Bertz CT molecular complexity index is 443. The van der Waals surface area contributed by atoms with Crippen molar-refractivity contribution in [2.24, 2.45) is 0 Å². The van der Waals surface area contributed by atoms with Crippen molar-refractivity contribution in [2.45, 2.75) is 38.9 Å². The second-order valence-corrected chi connectivity index (χ2v) is 4.33. The highest BCUT2D eigenvalue weighted by atomic mass is 16.5. The second kappa shape index (κ2) is 4.41. The zero-order chi connectivity index (χ0) is 12.5. The fourth-order valence-corrected chi connectivity index (χ4v) is 2.13. The molecular formula is C12H16N2O3. The maximum Gasteiger partial charge on any atom is 0.376 e. The summed E-state index contributed by atoms with van der Waals surface area (Å²) in [5, 5.41) is 0. The summed E-state index contributed by atoms with van der Waals surface area (Å²) in [7, 11) is 1.32. The van der Waals surface area contributed by atoms with Crippen LogP contribution >= 0.6 is 0 Å². The average Bonchev–Trinajstić information content (AvgIpc) is 2.66. The van der Waals surface area contributed by atoms with Gasteiger partial charge in [0.1, 0.15) is 5.60 Å². The molecule has 0 amide bonds. The molecule has 17 heavy (non-hydrogen) atoms. The number of ether oxygens (including phenoxy) is 2. The third kappa shape index (κ3) is 2.02. The summed E-state index contributed by atoms with van der Waals surface area (Å²) < 4.78 is 10.4. The number of aromatic nitrogens is 2. The fraction of sp³-hybridized carbons (Fsp3) is 0.583. The lowest BCUT2D eigenvalue weighted by atomic mass is 9.95. The number of hydrogen-bond donors (Lipinski definition) is 0. The second-order valence-electron chi connectivity index (χ2n) is 4.33. The van der Waals surface area contributed by atoms with E-state index in [0.29, 0.717) is 6.61 Å². The Kier molecular flexibility index (Phi) is 3.11. The molecule has 0 spiro atoms. The molecule has 0 N–H and O–H groups in total. The number of carbonyl (C=O) groups excluding carboxylic acids is 1. The van der Waals surface area contributed by atoms with Crippen molar-refractivity contribution in [3.8, 4) is 0 Å². The minimum atomic E-state index is -0.515. The van der Waals surface area contributed by atoms with Crippen LogP contribution in [0.5, 0.6) is 0 Å². The van der Waals surface area contributed by atoms with Gasteiger partial charge in [-0.1, -0.05) is 13.3 Å². The van der Waals surface area contributed by atoms with Crippen LogP contribution in [0.25, 0.3) is 0 Å². The number of esters is 1. The Morgan fingerprint density at radius 3 is 3.06 bits per heavy atom. The van der Waals surface area contributed by atoms with Gasteiger partial charge < -0.3 is 9.47 Å². The summed E-state index contributed by atoms with van der Waals surface area (Å²) in [5.41, 5.74) is 1.36. The molecule has 1 atom stereocenters. The van der Waals surface area contributed by atoms with Crippen molar-refractivity contribution in [3.05, 3.63) is 23.3 Å². The Morgan fingerprint density at radius 1 is 1.65 bits per heavy atom. The van der Waals surface area contributed by atoms with E-state index in [-0.39, 0.29) is 5.82 Å². The number of methoxy groups -OCH3 is 1. The van der Waals surface area contributed by atoms with E-state index in [2.05, 4.69) is 21.6 Å². The molecule has 0 fully saturated rings. The van der Waals surface area contributed by atoms with E-state index >= 15 is 0 Å². The molecule has 2 heterocycles. The Morgan fingerprint density at radius 2 is 2.41 bits per heavy atom. The molecule has 0 aliphatic carbocycles. The topological polar surface area (TPSA) is 61.3 Å². The first-order chi connectivity index (χ1) is 8.10. The molecular weight excluding hydrogens is 220 g/mol. The SMILES string of the molecule is CCCC1(C)OCc2cnc(C(=O)OC)nc21. The smallest absolute Gasteiger partial charge is 0.376 e. The molecule has 1 aliphatic heterocycles.